The molecule has 0 aromatic carbocycles. The topological polar surface area (TPSA) is 49.8 Å². The van der Waals surface area contributed by atoms with Crippen LogP contribution >= 0.6 is 0 Å². The fourth-order valence-electron chi connectivity index (χ4n) is 4.78. The van der Waals surface area contributed by atoms with E-state index in [9.17, 15) is 5.26 Å². The molecular formula is C17H26N2. The summed E-state index contributed by atoms with van der Waals surface area (Å²) in [6, 6.07) is 2.92. The third-order valence-electron chi connectivity index (χ3n) is 5.91. The van der Waals surface area contributed by atoms with Crippen molar-refractivity contribution in [3.8, 4) is 6.07 Å². The Morgan fingerprint density at radius 3 is 2.79 bits per heavy atom. The summed E-state index contributed by atoms with van der Waals surface area (Å²) in [5.41, 5.74) is 9.63. The first-order valence-corrected chi connectivity index (χ1v) is 8.05. The van der Waals surface area contributed by atoms with Crippen LogP contribution in [-0.2, 0) is 0 Å². The molecule has 5 unspecified atom stereocenters. The summed E-state index contributed by atoms with van der Waals surface area (Å²) >= 11 is 0. The van der Waals surface area contributed by atoms with Crippen molar-refractivity contribution in [3.63, 3.8) is 0 Å². The molecule has 2 nitrogen and oxygen atoms in total. The zero-order chi connectivity index (χ0) is 13.4. The quantitative estimate of drug-likeness (QED) is 0.672. The largest absolute Gasteiger partial charge is 0.327 e. The van der Waals surface area contributed by atoms with Gasteiger partial charge in [-0.15, -0.1) is 0 Å². The van der Waals surface area contributed by atoms with E-state index in [0.29, 0.717) is 12.0 Å². The number of nitriles is 1. The predicted octanol–water partition coefficient (Wildman–Crippen LogP) is 3.78. The van der Waals surface area contributed by atoms with Crippen LogP contribution in [0.25, 0.3) is 0 Å². The zero-order valence-corrected chi connectivity index (χ0v) is 12.1. The summed E-state index contributed by atoms with van der Waals surface area (Å²) in [7, 11) is 0. The number of fused-ring (bicyclic) bond motifs is 2. The molecule has 0 heterocycles. The lowest BCUT2D eigenvalue weighted by atomic mass is 9.65. The number of hydrogen-bond donors (Lipinski definition) is 1. The maximum Gasteiger partial charge on any atom is 0.0655 e. The molecule has 5 atom stereocenters. The summed E-state index contributed by atoms with van der Waals surface area (Å²) in [5.74, 6) is 2.64. The van der Waals surface area contributed by atoms with E-state index in [2.05, 4.69) is 13.0 Å². The van der Waals surface area contributed by atoms with Gasteiger partial charge in [0.15, 0.2) is 0 Å². The molecule has 3 aliphatic carbocycles. The molecule has 0 amide bonds. The highest BCUT2D eigenvalue weighted by Crippen LogP contribution is 2.49. The molecule has 3 rings (SSSR count). The molecule has 104 valence electrons. The molecule has 0 saturated heterocycles. The lowest BCUT2D eigenvalue weighted by molar-refractivity contribution is 0.168. The molecule has 2 N–H and O–H groups in total. The highest BCUT2D eigenvalue weighted by molar-refractivity contribution is 5.25. The van der Waals surface area contributed by atoms with Crippen LogP contribution in [0.4, 0.5) is 0 Å². The molecule has 0 aromatic rings. The normalized spacial score (nSPS) is 42.9. The van der Waals surface area contributed by atoms with E-state index < -0.39 is 0 Å². The second kappa shape index (κ2) is 5.29. The van der Waals surface area contributed by atoms with Crippen molar-refractivity contribution in [1.82, 2.24) is 0 Å². The van der Waals surface area contributed by atoms with Crippen molar-refractivity contribution in [2.75, 3.05) is 0 Å². The number of nitrogens with two attached hydrogens (primary N) is 1. The fourth-order valence-corrected chi connectivity index (χ4v) is 4.78. The first-order chi connectivity index (χ1) is 9.19. The SMILES string of the molecule is CC1CCC2=C(CCC(N)C2)C2CCC(C#N)CC12. The van der Waals surface area contributed by atoms with Gasteiger partial charge < -0.3 is 5.73 Å². The minimum Gasteiger partial charge on any atom is -0.327 e. The predicted molar refractivity (Wildman–Crippen MR) is 77.2 cm³/mol. The van der Waals surface area contributed by atoms with E-state index in [1.165, 1.54) is 32.1 Å². The molecule has 1 saturated carbocycles. The van der Waals surface area contributed by atoms with Crippen molar-refractivity contribution >= 4 is 0 Å². The van der Waals surface area contributed by atoms with Gasteiger partial charge in [0, 0.05) is 12.0 Å². The smallest absolute Gasteiger partial charge is 0.0655 e. The lowest BCUT2D eigenvalue weighted by Crippen LogP contribution is -2.32. The number of hydrogen-bond acceptors (Lipinski definition) is 2. The summed E-state index contributed by atoms with van der Waals surface area (Å²) in [6.45, 7) is 2.41. The molecule has 3 aliphatic rings. The van der Waals surface area contributed by atoms with E-state index in [-0.39, 0.29) is 0 Å². The van der Waals surface area contributed by atoms with Gasteiger partial charge >= 0.3 is 0 Å². The second-order valence-corrected chi connectivity index (χ2v) is 7.06. The first-order valence-electron chi connectivity index (χ1n) is 8.05. The molecule has 0 aromatic heterocycles. The van der Waals surface area contributed by atoms with Gasteiger partial charge in [-0.2, -0.15) is 5.26 Å². The minimum atomic E-state index is 0.316. The Morgan fingerprint density at radius 1 is 1.16 bits per heavy atom. The van der Waals surface area contributed by atoms with Crippen molar-refractivity contribution < 1.29 is 0 Å². The Balaban J connectivity index is 1.87. The average Bonchev–Trinajstić information content (AvgIpc) is 2.56. The van der Waals surface area contributed by atoms with Crippen molar-refractivity contribution in [2.45, 2.75) is 64.3 Å². The Hall–Kier alpha value is -0.810. The van der Waals surface area contributed by atoms with E-state index in [1.54, 1.807) is 11.1 Å². The highest BCUT2D eigenvalue weighted by Gasteiger charge is 2.39. The van der Waals surface area contributed by atoms with Crippen LogP contribution in [-0.4, -0.2) is 6.04 Å². The van der Waals surface area contributed by atoms with Crippen molar-refractivity contribution in [1.29, 1.82) is 5.26 Å². The molecule has 19 heavy (non-hydrogen) atoms. The number of nitrogens with zero attached hydrogens (tertiary/aromatic N) is 1. The summed E-state index contributed by atoms with van der Waals surface area (Å²) < 4.78 is 0. The third-order valence-corrected chi connectivity index (χ3v) is 5.91. The Labute approximate surface area is 117 Å². The van der Waals surface area contributed by atoms with Crippen LogP contribution in [0.5, 0.6) is 0 Å². The first kappa shape index (κ1) is 13.2. The fraction of sp³-hybridized carbons (Fsp3) is 0.824. The maximum absolute atomic E-state index is 9.23. The molecule has 1 fully saturated rings. The van der Waals surface area contributed by atoms with Gasteiger partial charge in [0.1, 0.15) is 0 Å². The lowest BCUT2D eigenvalue weighted by Gasteiger charge is -2.39. The molecule has 0 radical (unpaired) electrons. The average molecular weight is 258 g/mol. The standard InChI is InChI=1S/C17H26N2/c1-11-2-4-13-9-14(19)5-7-15(13)16-6-3-12(10-18)8-17(11)16/h11-12,14,16-17H,2-9,19H2,1H3. The van der Waals surface area contributed by atoms with E-state index in [1.807, 2.05) is 0 Å². The van der Waals surface area contributed by atoms with E-state index in [4.69, 9.17) is 5.73 Å². The number of allylic oxidation sites excluding steroid dienone is 1. The monoisotopic (exact) mass is 258 g/mol. The van der Waals surface area contributed by atoms with Crippen LogP contribution < -0.4 is 5.73 Å². The Kier molecular flexibility index (Phi) is 3.67. The van der Waals surface area contributed by atoms with Crippen molar-refractivity contribution in [3.05, 3.63) is 11.1 Å². The van der Waals surface area contributed by atoms with Gasteiger partial charge in [0.05, 0.1) is 6.07 Å². The van der Waals surface area contributed by atoms with Crippen LogP contribution in [0.15, 0.2) is 11.1 Å². The molecular weight excluding hydrogens is 232 g/mol. The zero-order valence-electron chi connectivity index (χ0n) is 12.1. The summed E-state index contributed by atoms with van der Waals surface area (Å²) in [6.07, 6.45) is 9.66. The van der Waals surface area contributed by atoms with Crippen LogP contribution in [0.1, 0.15) is 58.3 Å². The molecule has 0 spiro atoms. The molecule has 0 bridgehead atoms. The van der Waals surface area contributed by atoms with Gasteiger partial charge in [0.2, 0.25) is 0 Å². The second-order valence-electron chi connectivity index (χ2n) is 7.06. The third kappa shape index (κ3) is 2.46. The summed E-state index contributed by atoms with van der Waals surface area (Å²) in [4.78, 5) is 0. The van der Waals surface area contributed by atoms with Crippen LogP contribution in [0.3, 0.4) is 0 Å². The molecule has 2 heteroatoms. The number of rotatable bonds is 0. The molecule has 0 aliphatic heterocycles. The van der Waals surface area contributed by atoms with Crippen LogP contribution in [0, 0.1) is 35.0 Å². The van der Waals surface area contributed by atoms with Gasteiger partial charge in [-0.25, -0.2) is 0 Å². The minimum absolute atomic E-state index is 0.316. The Morgan fingerprint density at radius 2 is 2.00 bits per heavy atom. The van der Waals surface area contributed by atoms with Crippen molar-refractivity contribution in [2.24, 2.45) is 29.4 Å². The van der Waals surface area contributed by atoms with Gasteiger partial charge in [-0.05, 0) is 69.1 Å². The maximum atomic E-state index is 9.23. The highest BCUT2D eigenvalue weighted by atomic mass is 14.6. The summed E-state index contributed by atoms with van der Waals surface area (Å²) in [5, 5.41) is 9.23. The Bertz CT molecular complexity index is 417. The van der Waals surface area contributed by atoms with Gasteiger partial charge in [-0.1, -0.05) is 18.1 Å². The van der Waals surface area contributed by atoms with E-state index in [0.717, 1.165) is 37.0 Å². The van der Waals surface area contributed by atoms with E-state index >= 15 is 0 Å². The van der Waals surface area contributed by atoms with Gasteiger partial charge in [0.25, 0.3) is 0 Å². The van der Waals surface area contributed by atoms with Gasteiger partial charge in [-0.3, -0.25) is 0 Å². The van der Waals surface area contributed by atoms with Crippen LogP contribution in [0.2, 0.25) is 0 Å².